The number of carboxylic acid groups (broad SMARTS) is 2. The molecule has 0 aliphatic heterocycles. The average molecular weight is 160 g/mol. The zero-order valence-electron chi connectivity index (χ0n) is 6.16. The summed E-state index contributed by atoms with van der Waals surface area (Å²) in [5.41, 5.74) is -2.38. The highest BCUT2D eigenvalue weighted by atomic mass is 16.4. The maximum absolute atomic E-state index is 10.1. The van der Waals surface area contributed by atoms with E-state index in [1.54, 1.807) is 0 Å². The van der Waals surface area contributed by atoms with Gasteiger partial charge in [-0.25, -0.2) is 0 Å². The zero-order valence-corrected chi connectivity index (χ0v) is 6.16. The molecule has 0 fully saturated rings. The van der Waals surface area contributed by atoms with Crippen molar-refractivity contribution in [3.05, 3.63) is 0 Å². The fourth-order valence-corrected chi connectivity index (χ4v) is 0.406. The van der Waals surface area contributed by atoms with Crippen LogP contribution < -0.4 is 10.2 Å². The first-order valence-electron chi connectivity index (χ1n) is 2.94. The van der Waals surface area contributed by atoms with Crippen LogP contribution in [0.2, 0.25) is 0 Å². The third-order valence-electron chi connectivity index (χ3n) is 1.61. The number of hydrogen-bond acceptors (Lipinski definition) is 5. The van der Waals surface area contributed by atoms with E-state index in [2.05, 4.69) is 0 Å². The molecule has 0 amide bonds. The summed E-state index contributed by atoms with van der Waals surface area (Å²) >= 11 is 0. The normalized spacial score (nSPS) is 18.5. The number of aliphatic carboxylic acids is 2. The molecule has 5 heteroatoms. The lowest BCUT2D eigenvalue weighted by molar-refractivity contribution is -0.338. The van der Waals surface area contributed by atoms with Gasteiger partial charge in [0.1, 0.15) is 5.60 Å². The van der Waals surface area contributed by atoms with Gasteiger partial charge in [-0.05, 0) is 6.92 Å². The van der Waals surface area contributed by atoms with Gasteiger partial charge in [-0.15, -0.1) is 0 Å². The number of hydrogen-bond donors (Lipinski definition) is 1. The first-order valence-corrected chi connectivity index (χ1v) is 2.94. The van der Waals surface area contributed by atoms with E-state index >= 15 is 0 Å². The smallest absolute Gasteiger partial charge is 0.109 e. The minimum absolute atomic E-state index is 0.850. The van der Waals surface area contributed by atoms with Gasteiger partial charge in [0.2, 0.25) is 0 Å². The Bertz CT molecular complexity index is 183. The molecule has 0 bridgehead atoms. The lowest BCUT2D eigenvalue weighted by Gasteiger charge is -2.31. The van der Waals surface area contributed by atoms with Crippen molar-refractivity contribution in [1.82, 2.24) is 0 Å². The maximum Gasteiger partial charge on any atom is 0.109 e. The van der Waals surface area contributed by atoms with Crippen LogP contribution in [0.15, 0.2) is 0 Å². The molecular formula is C6H8O5-2. The maximum atomic E-state index is 10.1. The topological polar surface area (TPSA) is 100 Å². The molecule has 0 aromatic heterocycles. The Balaban J connectivity index is 4.55. The van der Waals surface area contributed by atoms with Crippen molar-refractivity contribution in [3.63, 3.8) is 0 Å². The molecule has 0 saturated carbocycles. The summed E-state index contributed by atoms with van der Waals surface area (Å²) < 4.78 is 0. The summed E-state index contributed by atoms with van der Waals surface area (Å²) in [6.45, 7) is 1.88. The van der Waals surface area contributed by atoms with E-state index < -0.39 is 23.5 Å². The van der Waals surface area contributed by atoms with Crippen molar-refractivity contribution in [2.24, 2.45) is 5.92 Å². The molecule has 0 radical (unpaired) electrons. The average Bonchev–Trinajstić information content (AvgIpc) is 1.85. The second-order valence-electron chi connectivity index (χ2n) is 2.48. The van der Waals surface area contributed by atoms with Crippen molar-refractivity contribution in [2.45, 2.75) is 19.4 Å². The Morgan fingerprint density at radius 3 is 1.91 bits per heavy atom. The summed E-state index contributed by atoms with van der Waals surface area (Å²) in [6, 6.07) is 0. The van der Waals surface area contributed by atoms with Gasteiger partial charge in [-0.3, -0.25) is 0 Å². The first kappa shape index (κ1) is 9.90. The van der Waals surface area contributed by atoms with E-state index in [1.165, 1.54) is 0 Å². The van der Waals surface area contributed by atoms with Gasteiger partial charge < -0.3 is 24.9 Å². The zero-order chi connectivity index (χ0) is 9.23. The third-order valence-corrected chi connectivity index (χ3v) is 1.61. The highest BCUT2D eigenvalue weighted by Gasteiger charge is 2.30. The predicted octanol–water partition coefficient (Wildman–Crippen LogP) is -3.13. The molecule has 0 aromatic rings. The standard InChI is InChI=1S/C6H10O5/c1-3(4(7)8)6(2,11)5(9)10/h3,11H,1-2H3,(H,7,8)(H,9,10)/p-2/t3-,6-/m1/s1. The first-order chi connectivity index (χ1) is 4.80. The van der Waals surface area contributed by atoms with Crippen molar-refractivity contribution in [1.29, 1.82) is 0 Å². The van der Waals surface area contributed by atoms with E-state index in [9.17, 15) is 19.8 Å². The minimum Gasteiger partial charge on any atom is -0.550 e. The molecule has 0 spiro atoms. The van der Waals surface area contributed by atoms with Crippen LogP contribution in [0.1, 0.15) is 13.8 Å². The fourth-order valence-electron chi connectivity index (χ4n) is 0.406. The van der Waals surface area contributed by atoms with Crippen LogP contribution in [0.3, 0.4) is 0 Å². The Hall–Kier alpha value is -1.10. The van der Waals surface area contributed by atoms with Gasteiger partial charge in [0.15, 0.2) is 0 Å². The van der Waals surface area contributed by atoms with Crippen LogP contribution in [-0.4, -0.2) is 22.6 Å². The van der Waals surface area contributed by atoms with Gasteiger partial charge in [0.25, 0.3) is 0 Å². The van der Waals surface area contributed by atoms with E-state index in [4.69, 9.17) is 5.11 Å². The second-order valence-corrected chi connectivity index (χ2v) is 2.48. The van der Waals surface area contributed by atoms with Crippen LogP contribution >= 0.6 is 0 Å². The third kappa shape index (κ3) is 1.91. The molecule has 0 aliphatic rings. The molecule has 11 heavy (non-hydrogen) atoms. The molecule has 2 atom stereocenters. The summed E-state index contributed by atoms with van der Waals surface area (Å²) in [6.07, 6.45) is 0. The van der Waals surface area contributed by atoms with Gasteiger partial charge in [-0.1, -0.05) is 6.92 Å². The van der Waals surface area contributed by atoms with Crippen molar-refractivity contribution >= 4 is 11.9 Å². The quantitative estimate of drug-likeness (QED) is 0.470. The predicted molar refractivity (Wildman–Crippen MR) is 29.8 cm³/mol. The molecule has 0 aliphatic carbocycles. The molecule has 64 valence electrons. The lowest BCUT2D eigenvalue weighted by atomic mass is 9.91. The Labute approximate surface area is 63.3 Å². The number of carbonyl (C=O) groups is 2. The number of rotatable bonds is 3. The van der Waals surface area contributed by atoms with Gasteiger partial charge >= 0.3 is 0 Å². The van der Waals surface area contributed by atoms with Crippen LogP contribution in [0.4, 0.5) is 0 Å². The van der Waals surface area contributed by atoms with Gasteiger partial charge in [0.05, 0.1) is 5.97 Å². The molecule has 5 nitrogen and oxygen atoms in total. The molecule has 0 saturated heterocycles. The molecule has 0 rings (SSSR count). The van der Waals surface area contributed by atoms with E-state index in [1.807, 2.05) is 0 Å². The molecular weight excluding hydrogens is 152 g/mol. The monoisotopic (exact) mass is 160 g/mol. The molecule has 0 heterocycles. The molecule has 1 N–H and O–H groups in total. The van der Waals surface area contributed by atoms with Crippen molar-refractivity contribution < 1.29 is 24.9 Å². The van der Waals surface area contributed by atoms with Crippen LogP contribution in [0.5, 0.6) is 0 Å². The Morgan fingerprint density at radius 1 is 1.45 bits per heavy atom. The Kier molecular flexibility index (Phi) is 2.59. The number of carbonyl (C=O) groups excluding carboxylic acids is 2. The van der Waals surface area contributed by atoms with Crippen LogP contribution in [-0.2, 0) is 9.59 Å². The van der Waals surface area contributed by atoms with Crippen LogP contribution in [0.25, 0.3) is 0 Å². The highest BCUT2D eigenvalue weighted by molar-refractivity contribution is 5.82. The van der Waals surface area contributed by atoms with Crippen molar-refractivity contribution in [2.75, 3.05) is 0 Å². The van der Waals surface area contributed by atoms with Crippen molar-refractivity contribution in [3.8, 4) is 0 Å². The summed E-state index contributed by atoms with van der Waals surface area (Å²) in [7, 11) is 0. The largest absolute Gasteiger partial charge is 0.550 e. The van der Waals surface area contributed by atoms with Gasteiger partial charge in [-0.2, -0.15) is 0 Å². The molecule has 0 unspecified atom stereocenters. The lowest BCUT2D eigenvalue weighted by Crippen LogP contribution is -2.55. The number of aliphatic hydroxyl groups is 1. The van der Waals surface area contributed by atoms with E-state index in [0.717, 1.165) is 13.8 Å². The second kappa shape index (κ2) is 2.87. The Morgan fingerprint density at radius 2 is 1.82 bits per heavy atom. The van der Waals surface area contributed by atoms with E-state index in [-0.39, 0.29) is 0 Å². The fraction of sp³-hybridized carbons (Fsp3) is 0.667. The molecule has 0 aromatic carbocycles. The summed E-state index contributed by atoms with van der Waals surface area (Å²) in [5.74, 6) is -4.94. The number of carboxylic acids is 2. The summed E-state index contributed by atoms with van der Waals surface area (Å²) in [5, 5.41) is 29.2. The van der Waals surface area contributed by atoms with Crippen LogP contribution in [0, 0.1) is 5.92 Å². The summed E-state index contributed by atoms with van der Waals surface area (Å²) in [4.78, 5) is 20.2. The highest BCUT2D eigenvalue weighted by Crippen LogP contribution is 2.14. The SMILES string of the molecule is C[C@H](C(=O)[O-])[C@@](C)(O)C(=O)[O-]. The van der Waals surface area contributed by atoms with E-state index in [0.29, 0.717) is 0 Å². The van der Waals surface area contributed by atoms with Gasteiger partial charge in [0, 0.05) is 11.9 Å². The minimum atomic E-state index is -2.38.